The molecule has 2 aromatic heterocycles. The Hall–Kier alpha value is -2.43. The van der Waals surface area contributed by atoms with Gasteiger partial charge in [0.2, 0.25) is 0 Å². The maximum absolute atomic E-state index is 13.2. The summed E-state index contributed by atoms with van der Waals surface area (Å²) in [6, 6.07) is 10.0. The third-order valence-electron chi connectivity index (χ3n) is 5.45. The molecule has 1 aliphatic heterocycles. The summed E-state index contributed by atoms with van der Waals surface area (Å²) in [7, 11) is 0. The molecule has 3 aromatic rings. The normalized spacial score (nSPS) is 16.8. The summed E-state index contributed by atoms with van der Waals surface area (Å²) < 4.78 is 34.2. The average molecular weight is 435 g/mol. The molecule has 1 unspecified atom stereocenters. The van der Waals surface area contributed by atoms with Gasteiger partial charge in [-0.1, -0.05) is 23.3 Å². The topological polar surface area (TPSA) is 82.1 Å². The van der Waals surface area contributed by atoms with Gasteiger partial charge in [0.15, 0.2) is 0 Å². The van der Waals surface area contributed by atoms with Crippen LogP contribution in [0.1, 0.15) is 35.9 Å². The van der Waals surface area contributed by atoms with Crippen molar-refractivity contribution in [2.75, 3.05) is 26.2 Å². The van der Waals surface area contributed by atoms with Crippen LogP contribution in [0.15, 0.2) is 42.2 Å². The first-order valence-corrected chi connectivity index (χ1v) is 10.8. The van der Waals surface area contributed by atoms with E-state index in [0.29, 0.717) is 30.0 Å². The molecule has 0 amide bonds. The maximum Gasteiger partial charge on any atom is 0.321 e. The first-order valence-electron chi connectivity index (χ1n) is 9.91. The molecule has 0 spiro atoms. The molecule has 1 aromatic carbocycles. The van der Waals surface area contributed by atoms with Crippen molar-refractivity contribution in [1.82, 2.24) is 24.6 Å². The Kier molecular flexibility index (Phi) is 6.66. The highest BCUT2D eigenvalue weighted by molar-refractivity contribution is 7.09. The van der Waals surface area contributed by atoms with Crippen molar-refractivity contribution in [3.8, 4) is 11.7 Å². The van der Waals surface area contributed by atoms with Gasteiger partial charge in [0.1, 0.15) is 12.0 Å². The van der Waals surface area contributed by atoms with Crippen molar-refractivity contribution in [3.63, 3.8) is 0 Å². The van der Waals surface area contributed by atoms with E-state index in [-0.39, 0.29) is 11.7 Å². The second-order valence-electron chi connectivity index (χ2n) is 7.26. The Morgan fingerprint density at radius 2 is 1.97 bits per heavy atom. The van der Waals surface area contributed by atoms with Crippen molar-refractivity contribution in [3.05, 3.63) is 52.7 Å². The predicted molar refractivity (Wildman–Crippen MR) is 110 cm³/mol. The summed E-state index contributed by atoms with van der Waals surface area (Å²) in [5, 5.41) is 8.04. The summed E-state index contributed by atoms with van der Waals surface area (Å²) >= 11 is 1.26. The van der Waals surface area contributed by atoms with Crippen LogP contribution in [-0.2, 0) is 0 Å². The molecule has 1 aliphatic rings. The number of likely N-dealkylation sites (tertiary alicyclic amines) is 1. The summed E-state index contributed by atoms with van der Waals surface area (Å²) in [5.41, 5.74) is 8.22. The summed E-state index contributed by atoms with van der Waals surface area (Å²) in [6.07, 6.45) is 0.861. The largest absolute Gasteiger partial charge is 0.463 e. The molecule has 4 rings (SSSR count). The molecule has 0 saturated carbocycles. The van der Waals surface area contributed by atoms with Crippen LogP contribution in [0.2, 0.25) is 0 Å². The SMILES string of the molecule is NCC(c1scnc1C(F)F)N1CCC(COc2nncn2-c2ccccc2)CC1. The van der Waals surface area contributed by atoms with E-state index in [1.54, 1.807) is 6.33 Å². The Morgan fingerprint density at radius 1 is 1.20 bits per heavy atom. The van der Waals surface area contributed by atoms with Crippen LogP contribution < -0.4 is 10.5 Å². The molecule has 0 bridgehead atoms. The number of aromatic nitrogens is 4. The van der Waals surface area contributed by atoms with Crippen molar-refractivity contribution in [2.24, 2.45) is 11.7 Å². The van der Waals surface area contributed by atoms with E-state index in [9.17, 15) is 8.78 Å². The fourth-order valence-corrected chi connectivity index (χ4v) is 4.76. The van der Waals surface area contributed by atoms with E-state index >= 15 is 0 Å². The minimum atomic E-state index is -2.58. The highest BCUT2D eigenvalue weighted by atomic mass is 32.1. The molecular weight excluding hydrogens is 410 g/mol. The third kappa shape index (κ3) is 4.50. The molecule has 0 radical (unpaired) electrons. The van der Waals surface area contributed by atoms with Crippen LogP contribution in [0.4, 0.5) is 8.78 Å². The zero-order valence-electron chi connectivity index (χ0n) is 16.4. The number of hydrogen-bond donors (Lipinski definition) is 1. The third-order valence-corrected chi connectivity index (χ3v) is 6.39. The highest BCUT2D eigenvalue weighted by Crippen LogP contribution is 2.34. The standard InChI is InChI=1S/C20H24F2N6OS/c21-19(22)17-18(30-13-24-17)16(10-23)27-8-6-14(7-9-27)11-29-20-26-25-12-28(20)15-4-2-1-3-5-15/h1-5,12-14,16,19H,6-11,23H2. The van der Waals surface area contributed by atoms with E-state index in [0.717, 1.165) is 31.6 Å². The fourth-order valence-electron chi connectivity index (χ4n) is 3.81. The van der Waals surface area contributed by atoms with Gasteiger partial charge in [-0.25, -0.2) is 13.8 Å². The zero-order valence-corrected chi connectivity index (χ0v) is 17.2. The monoisotopic (exact) mass is 434 g/mol. The van der Waals surface area contributed by atoms with E-state index in [1.165, 1.54) is 16.8 Å². The van der Waals surface area contributed by atoms with Gasteiger partial charge in [-0.15, -0.1) is 16.4 Å². The van der Waals surface area contributed by atoms with Crippen LogP contribution in [0.3, 0.4) is 0 Å². The van der Waals surface area contributed by atoms with Gasteiger partial charge < -0.3 is 10.5 Å². The quantitative estimate of drug-likeness (QED) is 0.585. The fraction of sp³-hybridized carbons (Fsp3) is 0.450. The molecule has 1 fully saturated rings. The molecular formula is C20H24F2N6OS. The minimum absolute atomic E-state index is 0.138. The van der Waals surface area contributed by atoms with Crippen molar-refractivity contribution < 1.29 is 13.5 Å². The lowest BCUT2D eigenvalue weighted by atomic mass is 9.96. The van der Waals surface area contributed by atoms with E-state index in [2.05, 4.69) is 20.1 Å². The number of ether oxygens (including phenoxy) is 1. The lowest BCUT2D eigenvalue weighted by Gasteiger charge is -2.36. The van der Waals surface area contributed by atoms with Crippen molar-refractivity contribution in [1.29, 1.82) is 0 Å². The first-order chi connectivity index (χ1) is 14.7. The molecule has 3 heterocycles. The van der Waals surface area contributed by atoms with E-state index in [4.69, 9.17) is 10.5 Å². The molecule has 1 atom stereocenters. The van der Waals surface area contributed by atoms with Gasteiger partial charge in [0, 0.05) is 6.54 Å². The van der Waals surface area contributed by atoms with Crippen molar-refractivity contribution in [2.45, 2.75) is 25.3 Å². The number of alkyl halides is 2. The predicted octanol–water partition coefficient (Wildman–Crippen LogP) is 3.45. The maximum atomic E-state index is 13.2. The zero-order chi connectivity index (χ0) is 20.9. The van der Waals surface area contributed by atoms with Gasteiger partial charge in [-0.2, -0.15) is 0 Å². The summed E-state index contributed by atoms with van der Waals surface area (Å²) in [6.45, 7) is 2.39. The number of nitrogens with two attached hydrogens (primary N) is 1. The Labute approximate surface area is 177 Å². The summed E-state index contributed by atoms with van der Waals surface area (Å²) in [5.74, 6) is 0.358. The molecule has 160 valence electrons. The van der Waals surface area contributed by atoms with Crippen LogP contribution in [0.25, 0.3) is 5.69 Å². The first kappa shape index (κ1) is 20.8. The van der Waals surface area contributed by atoms with Crippen LogP contribution in [-0.4, -0.2) is 50.9 Å². The average Bonchev–Trinajstić information content (AvgIpc) is 3.44. The van der Waals surface area contributed by atoms with E-state index in [1.807, 2.05) is 34.9 Å². The van der Waals surface area contributed by atoms with Crippen LogP contribution in [0.5, 0.6) is 6.01 Å². The van der Waals surface area contributed by atoms with Crippen LogP contribution in [0, 0.1) is 5.92 Å². The van der Waals surface area contributed by atoms with Gasteiger partial charge in [0.25, 0.3) is 6.43 Å². The molecule has 2 N–H and O–H groups in total. The van der Waals surface area contributed by atoms with Gasteiger partial charge in [0.05, 0.1) is 28.7 Å². The number of halogens is 2. The number of thiazole rings is 1. The number of rotatable bonds is 8. The van der Waals surface area contributed by atoms with E-state index < -0.39 is 6.43 Å². The molecule has 10 heteroatoms. The Bertz CT molecular complexity index is 926. The number of para-hydroxylation sites is 1. The molecule has 0 aliphatic carbocycles. The van der Waals surface area contributed by atoms with Gasteiger partial charge >= 0.3 is 6.01 Å². The van der Waals surface area contributed by atoms with Crippen LogP contribution >= 0.6 is 11.3 Å². The van der Waals surface area contributed by atoms with Crippen molar-refractivity contribution >= 4 is 11.3 Å². The number of hydrogen-bond acceptors (Lipinski definition) is 7. The second-order valence-corrected chi connectivity index (χ2v) is 8.15. The Morgan fingerprint density at radius 3 is 2.67 bits per heavy atom. The highest BCUT2D eigenvalue weighted by Gasteiger charge is 2.30. The number of benzene rings is 1. The molecule has 7 nitrogen and oxygen atoms in total. The van der Waals surface area contributed by atoms with Gasteiger partial charge in [-0.3, -0.25) is 9.47 Å². The Balaban J connectivity index is 1.33. The molecule has 1 saturated heterocycles. The molecule has 30 heavy (non-hydrogen) atoms. The lowest BCUT2D eigenvalue weighted by molar-refractivity contribution is 0.102. The summed E-state index contributed by atoms with van der Waals surface area (Å²) in [4.78, 5) is 6.60. The van der Waals surface area contributed by atoms with Gasteiger partial charge in [-0.05, 0) is 44.0 Å². The minimum Gasteiger partial charge on any atom is -0.463 e. The second kappa shape index (κ2) is 9.59. The lowest BCUT2D eigenvalue weighted by Crippen LogP contribution is -2.41. The smallest absolute Gasteiger partial charge is 0.321 e. The number of piperidine rings is 1. The number of nitrogens with zero attached hydrogens (tertiary/aromatic N) is 5.